The molecule has 0 radical (unpaired) electrons. The molecule has 0 aliphatic heterocycles. The molecule has 4 nitrogen and oxygen atoms in total. The maximum Gasteiger partial charge on any atom is 0.152 e. The summed E-state index contributed by atoms with van der Waals surface area (Å²) in [6, 6.07) is 5.66. The molecule has 2 aromatic rings. The van der Waals surface area contributed by atoms with Gasteiger partial charge in [-0.1, -0.05) is 11.6 Å². The van der Waals surface area contributed by atoms with Crippen molar-refractivity contribution in [1.82, 2.24) is 9.78 Å². The second-order valence-electron chi connectivity index (χ2n) is 3.92. The Hall–Kier alpha value is -1.20. The molecule has 96 valence electrons. The number of nitrogens with one attached hydrogen (secondary N) is 1. The highest BCUT2D eigenvalue weighted by Crippen LogP contribution is 2.30. The maximum absolute atomic E-state index is 6.06. The third-order valence-electron chi connectivity index (χ3n) is 2.66. The van der Waals surface area contributed by atoms with E-state index >= 15 is 0 Å². The summed E-state index contributed by atoms with van der Waals surface area (Å²) in [6.45, 7) is 4.66. The number of hydrogen-bond acceptors (Lipinski definition) is 3. The Kier molecular flexibility index (Phi) is 3.82. The molecule has 0 amide bonds. The van der Waals surface area contributed by atoms with Crippen LogP contribution in [0.25, 0.3) is 0 Å². The summed E-state index contributed by atoms with van der Waals surface area (Å²) in [6.07, 6.45) is 0. The monoisotopic (exact) mass is 328 g/mol. The van der Waals surface area contributed by atoms with E-state index in [0.29, 0.717) is 10.7 Å². The first kappa shape index (κ1) is 13.2. The van der Waals surface area contributed by atoms with Crippen molar-refractivity contribution in [2.75, 3.05) is 11.1 Å². The molecule has 0 atom stereocenters. The van der Waals surface area contributed by atoms with Crippen molar-refractivity contribution in [3.63, 3.8) is 0 Å². The van der Waals surface area contributed by atoms with E-state index in [9.17, 15) is 0 Å². The van der Waals surface area contributed by atoms with E-state index < -0.39 is 0 Å². The quantitative estimate of drug-likeness (QED) is 0.896. The number of aromatic nitrogens is 2. The molecule has 0 unspecified atom stereocenters. The van der Waals surface area contributed by atoms with Gasteiger partial charge >= 0.3 is 0 Å². The van der Waals surface area contributed by atoms with Crippen molar-refractivity contribution in [3.8, 4) is 0 Å². The molecule has 0 aliphatic carbocycles. The largest absolute Gasteiger partial charge is 0.394 e. The van der Waals surface area contributed by atoms with E-state index in [-0.39, 0.29) is 0 Å². The van der Waals surface area contributed by atoms with Crippen molar-refractivity contribution in [1.29, 1.82) is 0 Å². The zero-order valence-corrected chi connectivity index (χ0v) is 12.5. The molecule has 3 N–H and O–H groups in total. The van der Waals surface area contributed by atoms with Gasteiger partial charge in [0, 0.05) is 16.7 Å². The van der Waals surface area contributed by atoms with Crippen molar-refractivity contribution < 1.29 is 0 Å². The van der Waals surface area contributed by atoms with Crippen LogP contribution in [-0.4, -0.2) is 9.78 Å². The van der Waals surface area contributed by atoms with E-state index in [0.717, 1.165) is 28.2 Å². The van der Waals surface area contributed by atoms with Gasteiger partial charge in [-0.25, -0.2) is 4.68 Å². The third-order valence-corrected chi connectivity index (χ3v) is 3.89. The number of rotatable bonds is 3. The molecule has 0 saturated carbocycles. The molecule has 1 heterocycles. The normalized spacial score (nSPS) is 10.7. The molecular formula is C12H14BrClN4. The van der Waals surface area contributed by atoms with Crippen LogP contribution in [0.1, 0.15) is 12.6 Å². The lowest BCUT2D eigenvalue weighted by molar-refractivity contribution is 0.661. The number of nitrogens with zero attached hydrogens (tertiary/aromatic N) is 2. The minimum Gasteiger partial charge on any atom is -0.394 e. The summed E-state index contributed by atoms with van der Waals surface area (Å²) in [7, 11) is 0. The van der Waals surface area contributed by atoms with Crippen LogP contribution in [0.2, 0.25) is 5.02 Å². The van der Waals surface area contributed by atoms with Crippen molar-refractivity contribution in [3.05, 3.63) is 33.4 Å². The van der Waals surface area contributed by atoms with Gasteiger partial charge in [0.15, 0.2) is 5.82 Å². The van der Waals surface area contributed by atoms with Gasteiger partial charge in [0.05, 0.1) is 16.4 Å². The Balaban J connectivity index is 2.36. The highest BCUT2D eigenvalue weighted by Gasteiger charge is 2.11. The summed E-state index contributed by atoms with van der Waals surface area (Å²) in [5.74, 6) is 0.799. The van der Waals surface area contributed by atoms with Gasteiger partial charge in [-0.3, -0.25) is 0 Å². The third kappa shape index (κ3) is 2.47. The van der Waals surface area contributed by atoms with Gasteiger partial charge in [-0.05, 0) is 48.0 Å². The topological polar surface area (TPSA) is 55.9 Å². The molecule has 0 saturated heterocycles. The molecule has 2 rings (SSSR count). The number of halogens is 2. The van der Waals surface area contributed by atoms with Crippen LogP contribution < -0.4 is 11.1 Å². The van der Waals surface area contributed by atoms with E-state index in [1.54, 1.807) is 0 Å². The maximum atomic E-state index is 6.06. The van der Waals surface area contributed by atoms with Gasteiger partial charge in [-0.15, -0.1) is 0 Å². The zero-order chi connectivity index (χ0) is 13.3. The van der Waals surface area contributed by atoms with Gasteiger partial charge in [-0.2, -0.15) is 5.10 Å². The van der Waals surface area contributed by atoms with Gasteiger partial charge in [0.25, 0.3) is 0 Å². The predicted octanol–water partition coefficient (Wildman–Crippen LogP) is 3.95. The van der Waals surface area contributed by atoms with Crippen LogP contribution >= 0.6 is 27.5 Å². The Morgan fingerprint density at radius 1 is 1.50 bits per heavy atom. The van der Waals surface area contributed by atoms with Crippen LogP contribution in [0.4, 0.5) is 17.2 Å². The second-order valence-corrected chi connectivity index (χ2v) is 5.18. The number of benzene rings is 1. The van der Waals surface area contributed by atoms with Gasteiger partial charge in [0.2, 0.25) is 0 Å². The molecular weight excluding hydrogens is 316 g/mol. The number of aryl methyl sites for hydroxylation is 2. The number of hydrogen-bond donors (Lipinski definition) is 2. The molecule has 18 heavy (non-hydrogen) atoms. The van der Waals surface area contributed by atoms with E-state index in [4.69, 9.17) is 17.3 Å². The highest BCUT2D eigenvalue weighted by atomic mass is 79.9. The fraction of sp³-hybridized carbons (Fsp3) is 0.250. The first-order chi connectivity index (χ1) is 8.52. The Bertz CT molecular complexity index is 580. The van der Waals surface area contributed by atoms with E-state index in [1.165, 1.54) is 0 Å². The van der Waals surface area contributed by atoms with Crippen molar-refractivity contribution in [2.45, 2.75) is 20.4 Å². The Morgan fingerprint density at radius 3 is 2.83 bits per heavy atom. The summed E-state index contributed by atoms with van der Waals surface area (Å²) < 4.78 is 2.70. The van der Waals surface area contributed by atoms with Crippen molar-refractivity contribution in [2.24, 2.45) is 0 Å². The fourth-order valence-corrected chi connectivity index (χ4v) is 2.09. The van der Waals surface area contributed by atoms with Crippen LogP contribution in [0, 0.1) is 6.92 Å². The lowest BCUT2D eigenvalue weighted by Crippen LogP contribution is -2.04. The van der Waals surface area contributed by atoms with Crippen LogP contribution in [0.15, 0.2) is 22.7 Å². The number of anilines is 3. The lowest BCUT2D eigenvalue weighted by Gasteiger charge is -2.10. The molecule has 0 aliphatic rings. The molecule has 1 aromatic carbocycles. The van der Waals surface area contributed by atoms with E-state index in [1.807, 2.05) is 36.7 Å². The van der Waals surface area contributed by atoms with E-state index in [2.05, 4.69) is 26.3 Å². The average molecular weight is 330 g/mol. The zero-order valence-electron chi connectivity index (χ0n) is 10.2. The molecule has 1 aromatic heterocycles. The highest BCUT2D eigenvalue weighted by molar-refractivity contribution is 9.10. The minimum atomic E-state index is 0.651. The van der Waals surface area contributed by atoms with Crippen LogP contribution in [-0.2, 0) is 6.54 Å². The second kappa shape index (κ2) is 5.20. The van der Waals surface area contributed by atoms with Crippen LogP contribution in [0.5, 0.6) is 0 Å². The summed E-state index contributed by atoms with van der Waals surface area (Å²) in [4.78, 5) is 0. The molecule has 0 fully saturated rings. The Morgan fingerprint density at radius 2 is 2.22 bits per heavy atom. The summed E-state index contributed by atoms with van der Waals surface area (Å²) in [5.41, 5.74) is 8.37. The summed E-state index contributed by atoms with van der Waals surface area (Å²) >= 11 is 9.42. The first-order valence-electron chi connectivity index (χ1n) is 5.58. The number of nitrogen functional groups attached to an aromatic ring is 1. The smallest absolute Gasteiger partial charge is 0.152 e. The lowest BCUT2D eigenvalue weighted by atomic mass is 10.3. The molecule has 6 heteroatoms. The summed E-state index contributed by atoms with van der Waals surface area (Å²) in [5, 5.41) is 8.25. The SMILES string of the molecule is CCn1nc(C)c(N)c1Nc1ccc(Br)c(Cl)c1. The molecule has 0 bridgehead atoms. The minimum absolute atomic E-state index is 0.651. The van der Waals surface area contributed by atoms with Gasteiger partial charge in [0.1, 0.15) is 0 Å². The molecule has 0 spiro atoms. The van der Waals surface area contributed by atoms with Crippen molar-refractivity contribution >= 4 is 44.7 Å². The fourth-order valence-electron chi connectivity index (χ4n) is 1.67. The predicted molar refractivity (Wildman–Crippen MR) is 79.5 cm³/mol. The van der Waals surface area contributed by atoms with Crippen LogP contribution in [0.3, 0.4) is 0 Å². The van der Waals surface area contributed by atoms with Gasteiger partial charge < -0.3 is 11.1 Å². The first-order valence-corrected chi connectivity index (χ1v) is 6.75. The number of nitrogens with two attached hydrogens (primary N) is 1. The Labute approximate surface area is 119 Å². The standard InChI is InChI=1S/C12H14BrClN4/c1-3-18-12(11(15)7(2)17-18)16-8-4-5-9(13)10(14)6-8/h4-6,16H,3,15H2,1-2H3. The average Bonchev–Trinajstić information content (AvgIpc) is 2.61.